The molecule has 7 atom stereocenters. The number of rotatable bonds is 5. The summed E-state index contributed by atoms with van der Waals surface area (Å²) in [5, 5.41) is 0.544. The van der Waals surface area contributed by atoms with E-state index in [0.717, 1.165) is 11.3 Å². The summed E-state index contributed by atoms with van der Waals surface area (Å²) < 4.78 is 5.13. The molecule has 3 fully saturated rings. The molecule has 8 heteroatoms. The van der Waals surface area contributed by atoms with Crippen LogP contribution in [0.5, 0.6) is 0 Å². The molecular formula is C22H19Cl2NO5. The zero-order chi connectivity index (χ0) is 21.3. The smallest absolute Gasteiger partial charge is 0.329 e. The van der Waals surface area contributed by atoms with Gasteiger partial charge < -0.3 is 4.74 Å². The van der Waals surface area contributed by atoms with Crippen LogP contribution < -0.4 is 0 Å². The minimum Gasteiger partial charge on any atom is -0.456 e. The second-order valence-corrected chi connectivity index (χ2v) is 9.38. The molecule has 1 saturated heterocycles. The number of carbonyl (C=O) groups excluding carboxylic acids is 4. The lowest BCUT2D eigenvalue weighted by molar-refractivity contribution is -0.157. The fraction of sp³-hybridized carbons (Fsp3) is 0.455. The summed E-state index contributed by atoms with van der Waals surface area (Å²) in [6.07, 6.45) is 5.22. The van der Waals surface area contributed by atoms with Crippen LogP contribution in [0, 0.1) is 35.5 Å². The summed E-state index contributed by atoms with van der Waals surface area (Å²) in [6, 6.07) is 3.31. The second-order valence-electron chi connectivity index (χ2n) is 8.53. The van der Waals surface area contributed by atoms with E-state index >= 15 is 0 Å². The predicted molar refractivity (Wildman–Crippen MR) is 108 cm³/mol. The highest BCUT2D eigenvalue weighted by atomic mass is 35.5. The maximum Gasteiger partial charge on any atom is 0.329 e. The summed E-state index contributed by atoms with van der Waals surface area (Å²) in [5.74, 6) is -1.48. The third kappa shape index (κ3) is 2.84. The van der Waals surface area contributed by atoms with Gasteiger partial charge in [-0.25, -0.2) is 4.79 Å². The van der Waals surface area contributed by atoms with E-state index in [2.05, 4.69) is 12.2 Å². The van der Waals surface area contributed by atoms with Crippen molar-refractivity contribution < 1.29 is 23.9 Å². The average molecular weight is 448 g/mol. The molecule has 5 aliphatic rings. The molecule has 6 nitrogen and oxygen atoms in total. The van der Waals surface area contributed by atoms with E-state index in [1.54, 1.807) is 0 Å². The molecular weight excluding hydrogens is 429 g/mol. The van der Waals surface area contributed by atoms with Gasteiger partial charge in [-0.3, -0.25) is 19.3 Å². The number of esters is 1. The van der Waals surface area contributed by atoms with Crippen molar-refractivity contribution in [3.63, 3.8) is 0 Å². The number of ketones is 1. The molecule has 1 heterocycles. The van der Waals surface area contributed by atoms with Crippen LogP contribution in [0.15, 0.2) is 30.4 Å². The molecule has 0 spiro atoms. The van der Waals surface area contributed by atoms with Crippen molar-refractivity contribution in [2.45, 2.75) is 19.4 Å². The Labute approximate surface area is 183 Å². The first-order valence-corrected chi connectivity index (χ1v) is 10.8. The van der Waals surface area contributed by atoms with Crippen LogP contribution in [0.3, 0.4) is 0 Å². The van der Waals surface area contributed by atoms with E-state index in [1.807, 2.05) is 0 Å². The quantitative estimate of drug-likeness (QED) is 0.299. The third-order valence-electron chi connectivity index (χ3n) is 7.00. The van der Waals surface area contributed by atoms with E-state index in [1.165, 1.54) is 25.1 Å². The first-order valence-electron chi connectivity index (χ1n) is 9.99. The number of carbonyl (C=O) groups is 4. The maximum atomic E-state index is 13.1. The Morgan fingerprint density at radius 3 is 2.27 bits per heavy atom. The number of ether oxygens (including phenoxy) is 1. The van der Waals surface area contributed by atoms with Gasteiger partial charge in [0.15, 0.2) is 6.61 Å². The molecule has 1 aromatic carbocycles. The van der Waals surface area contributed by atoms with Gasteiger partial charge in [-0.2, -0.15) is 0 Å². The molecule has 2 amide bonds. The van der Waals surface area contributed by atoms with Crippen molar-refractivity contribution in [3.05, 3.63) is 46.0 Å². The maximum absolute atomic E-state index is 13.1. The summed E-state index contributed by atoms with van der Waals surface area (Å²) in [6.45, 7) is 0.926. The SMILES string of the molecule is C[C@H](C(=O)OCC(=O)c1ccc(Cl)cc1Cl)N1C(=O)[C@H]2[C@@H]3C=C[C@H]([C@@H]4C[C@H]34)[C@@H]2C1=O. The Hall–Kier alpha value is -2.18. The fourth-order valence-electron chi connectivity index (χ4n) is 5.52. The number of amides is 2. The highest BCUT2D eigenvalue weighted by Crippen LogP contribution is 2.65. The number of allylic oxidation sites excluding steroid dienone is 2. The molecule has 6 rings (SSSR count). The second kappa shape index (κ2) is 6.92. The zero-order valence-corrected chi connectivity index (χ0v) is 17.6. The van der Waals surface area contributed by atoms with Crippen LogP contribution in [0.2, 0.25) is 10.0 Å². The number of hydrogen-bond donors (Lipinski definition) is 0. The number of likely N-dealkylation sites (tertiary alicyclic amines) is 1. The molecule has 0 aromatic heterocycles. The van der Waals surface area contributed by atoms with Gasteiger partial charge in [0.05, 0.1) is 16.9 Å². The lowest BCUT2D eigenvalue weighted by atomic mass is 9.63. The Morgan fingerprint density at radius 2 is 1.70 bits per heavy atom. The van der Waals surface area contributed by atoms with Gasteiger partial charge in [-0.15, -0.1) is 0 Å². The average Bonchev–Trinajstić information content (AvgIpc) is 3.49. The van der Waals surface area contributed by atoms with Crippen molar-refractivity contribution >= 4 is 46.8 Å². The van der Waals surface area contributed by atoms with Gasteiger partial charge in [-0.1, -0.05) is 35.4 Å². The van der Waals surface area contributed by atoms with Crippen molar-refractivity contribution in [2.24, 2.45) is 35.5 Å². The highest BCUT2D eigenvalue weighted by Gasteiger charge is 2.67. The Bertz CT molecular complexity index is 985. The summed E-state index contributed by atoms with van der Waals surface area (Å²) in [5.41, 5.74) is 0.183. The van der Waals surface area contributed by atoms with Crippen molar-refractivity contribution in [3.8, 4) is 0 Å². The number of halogens is 2. The molecule has 1 aromatic rings. The molecule has 4 aliphatic carbocycles. The summed E-state index contributed by atoms with van der Waals surface area (Å²) in [7, 11) is 0. The molecule has 0 N–H and O–H groups in total. The molecule has 156 valence electrons. The van der Waals surface area contributed by atoms with E-state index in [-0.39, 0.29) is 46.1 Å². The number of nitrogens with zero attached hydrogens (tertiary/aromatic N) is 1. The fourth-order valence-corrected chi connectivity index (χ4v) is 6.03. The highest BCUT2D eigenvalue weighted by molar-refractivity contribution is 6.36. The van der Waals surface area contributed by atoms with Gasteiger partial charge in [0.2, 0.25) is 17.6 Å². The monoisotopic (exact) mass is 447 g/mol. The third-order valence-corrected chi connectivity index (χ3v) is 7.55. The van der Waals surface area contributed by atoms with E-state index in [4.69, 9.17) is 27.9 Å². The molecule has 2 bridgehead atoms. The van der Waals surface area contributed by atoms with Crippen LogP contribution >= 0.6 is 23.2 Å². The number of hydrogen-bond acceptors (Lipinski definition) is 5. The van der Waals surface area contributed by atoms with Gasteiger partial charge in [0.25, 0.3) is 0 Å². The molecule has 30 heavy (non-hydrogen) atoms. The van der Waals surface area contributed by atoms with E-state index in [0.29, 0.717) is 16.9 Å². The normalized spacial score (nSPS) is 33.9. The number of Topliss-reactive ketones (excluding diaryl/α,β-unsaturated/α-hetero) is 1. The van der Waals surface area contributed by atoms with Crippen molar-refractivity contribution in [2.75, 3.05) is 6.61 Å². The number of imide groups is 1. The lowest BCUT2D eigenvalue weighted by Gasteiger charge is -2.37. The molecule has 0 radical (unpaired) electrons. The summed E-state index contributed by atoms with van der Waals surface area (Å²) in [4.78, 5) is 52.1. The Kier molecular flexibility index (Phi) is 4.56. The van der Waals surface area contributed by atoms with Gasteiger partial charge in [0.1, 0.15) is 6.04 Å². The largest absolute Gasteiger partial charge is 0.456 e. The van der Waals surface area contributed by atoms with E-state index in [9.17, 15) is 19.2 Å². The first kappa shape index (κ1) is 19.8. The number of benzene rings is 1. The molecule has 2 saturated carbocycles. The van der Waals surface area contributed by atoms with Gasteiger partial charge in [0, 0.05) is 10.6 Å². The molecule has 1 aliphatic heterocycles. The first-order chi connectivity index (χ1) is 14.3. The van der Waals surface area contributed by atoms with Crippen LogP contribution in [0.1, 0.15) is 23.7 Å². The van der Waals surface area contributed by atoms with Gasteiger partial charge in [-0.05, 0) is 55.2 Å². The van der Waals surface area contributed by atoms with Crippen LogP contribution in [-0.2, 0) is 19.1 Å². The van der Waals surface area contributed by atoms with Crippen LogP contribution in [0.25, 0.3) is 0 Å². The lowest BCUT2D eigenvalue weighted by Crippen LogP contribution is -2.45. The molecule has 0 unspecified atom stereocenters. The summed E-state index contributed by atoms with van der Waals surface area (Å²) >= 11 is 11.8. The minimum atomic E-state index is -1.08. The zero-order valence-electron chi connectivity index (χ0n) is 16.1. The topological polar surface area (TPSA) is 80.8 Å². The Balaban J connectivity index is 1.27. The van der Waals surface area contributed by atoms with Crippen molar-refractivity contribution in [1.82, 2.24) is 4.90 Å². The van der Waals surface area contributed by atoms with Gasteiger partial charge >= 0.3 is 5.97 Å². The standard InChI is InChI=1S/C22H19Cl2NO5/c1-9(22(29)30-8-17(26)13-3-2-10(23)6-16(13)24)25-20(27)18-11-4-5-12(15-7-14(11)15)19(18)21(25)28/h2-6,9,11-12,14-15,18-19H,7-8H2,1H3/t9-,11-,12-,14-,15+,18+,19+/m1/s1. The van der Waals surface area contributed by atoms with Crippen LogP contribution in [0.4, 0.5) is 0 Å². The predicted octanol–water partition coefficient (Wildman–Crippen LogP) is 3.16. The Morgan fingerprint density at radius 1 is 1.10 bits per heavy atom. The minimum absolute atomic E-state index is 0.0864. The van der Waals surface area contributed by atoms with E-state index < -0.39 is 24.4 Å². The van der Waals surface area contributed by atoms with Crippen LogP contribution in [-0.4, -0.2) is 41.1 Å². The van der Waals surface area contributed by atoms with Crippen molar-refractivity contribution in [1.29, 1.82) is 0 Å².